The van der Waals surface area contributed by atoms with Crippen LogP contribution in [0.1, 0.15) is 28.4 Å². The summed E-state index contributed by atoms with van der Waals surface area (Å²) in [6.07, 6.45) is 3.62. The predicted molar refractivity (Wildman–Crippen MR) is 80.7 cm³/mol. The van der Waals surface area contributed by atoms with Gasteiger partial charge in [0.2, 0.25) is 5.91 Å². The van der Waals surface area contributed by atoms with Gasteiger partial charge in [0, 0.05) is 32.5 Å². The molecule has 0 bridgehead atoms. The van der Waals surface area contributed by atoms with Crippen LogP contribution in [0.15, 0.2) is 30.6 Å². The normalized spacial score (nSPS) is 17.3. The number of aromatic nitrogens is 2. The molecule has 5 nitrogen and oxygen atoms in total. The van der Waals surface area contributed by atoms with Crippen molar-refractivity contribution in [1.82, 2.24) is 20.2 Å². The first-order valence-electron chi connectivity index (χ1n) is 7.20. The van der Waals surface area contributed by atoms with Crippen LogP contribution >= 0.6 is 0 Å². The molecule has 0 fully saturated rings. The third-order valence-electron chi connectivity index (χ3n) is 4.08. The second-order valence-electron chi connectivity index (χ2n) is 5.50. The van der Waals surface area contributed by atoms with Gasteiger partial charge in [-0.3, -0.25) is 4.79 Å². The topological polar surface area (TPSA) is 59.0 Å². The van der Waals surface area contributed by atoms with E-state index in [4.69, 9.17) is 0 Å². The van der Waals surface area contributed by atoms with Crippen LogP contribution in [0.25, 0.3) is 0 Å². The maximum absolute atomic E-state index is 12.5. The minimum Gasteiger partial charge on any atom is -0.348 e. The number of carbonyl (C=O) groups excluding carboxylic acids is 1. The average molecular weight is 284 g/mol. The SMILES string of the molecule is Cc1cccc2c1C(C(=O)NCc1nccn1C)CNC2. The van der Waals surface area contributed by atoms with E-state index in [0.717, 1.165) is 12.4 Å². The fourth-order valence-corrected chi connectivity index (χ4v) is 2.93. The quantitative estimate of drug-likeness (QED) is 0.891. The highest BCUT2D eigenvalue weighted by Gasteiger charge is 2.27. The monoisotopic (exact) mass is 284 g/mol. The molecule has 1 unspecified atom stereocenters. The van der Waals surface area contributed by atoms with Gasteiger partial charge in [0.05, 0.1) is 12.5 Å². The van der Waals surface area contributed by atoms with Crippen LogP contribution in [0.4, 0.5) is 0 Å². The molecule has 1 aromatic heterocycles. The number of hydrogen-bond acceptors (Lipinski definition) is 3. The molecule has 1 amide bonds. The van der Waals surface area contributed by atoms with E-state index in [1.54, 1.807) is 6.20 Å². The highest BCUT2D eigenvalue weighted by molar-refractivity contribution is 5.85. The van der Waals surface area contributed by atoms with Crippen molar-refractivity contribution >= 4 is 5.91 Å². The molecule has 0 aliphatic carbocycles. The number of amides is 1. The van der Waals surface area contributed by atoms with Gasteiger partial charge in [-0.15, -0.1) is 0 Å². The van der Waals surface area contributed by atoms with Crippen LogP contribution in [0.2, 0.25) is 0 Å². The molecule has 21 heavy (non-hydrogen) atoms. The van der Waals surface area contributed by atoms with E-state index >= 15 is 0 Å². The Morgan fingerprint density at radius 1 is 1.52 bits per heavy atom. The van der Waals surface area contributed by atoms with E-state index in [2.05, 4.69) is 34.7 Å². The molecule has 0 saturated heterocycles. The Labute approximate surface area is 124 Å². The van der Waals surface area contributed by atoms with E-state index in [9.17, 15) is 4.79 Å². The number of carbonyl (C=O) groups is 1. The maximum Gasteiger partial charge on any atom is 0.229 e. The lowest BCUT2D eigenvalue weighted by atomic mass is 9.87. The molecule has 2 N–H and O–H groups in total. The molecule has 1 aliphatic rings. The second kappa shape index (κ2) is 5.69. The fraction of sp³-hybridized carbons (Fsp3) is 0.375. The Bertz CT molecular complexity index is 662. The summed E-state index contributed by atoms with van der Waals surface area (Å²) < 4.78 is 1.92. The minimum absolute atomic E-state index is 0.0563. The largest absolute Gasteiger partial charge is 0.348 e. The van der Waals surface area contributed by atoms with Crippen LogP contribution in [0, 0.1) is 6.92 Å². The van der Waals surface area contributed by atoms with Crippen molar-refractivity contribution in [2.45, 2.75) is 25.9 Å². The van der Waals surface area contributed by atoms with Crippen molar-refractivity contribution in [3.8, 4) is 0 Å². The summed E-state index contributed by atoms with van der Waals surface area (Å²) >= 11 is 0. The number of aryl methyl sites for hydroxylation is 2. The first-order valence-corrected chi connectivity index (χ1v) is 7.20. The summed E-state index contributed by atoms with van der Waals surface area (Å²) in [5.41, 5.74) is 3.58. The standard InChI is InChI=1S/C16H20N4O/c1-11-4-3-5-12-8-17-9-13(15(11)12)16(21)19-10-14-18-6-7-20(14)2/h3-7,13,17H,8-10H2,1-2H3,(H,19,21). The van der Waals surface area contributed by atoms with Crippen LogP contribution in [-0.2, 0) is 24.9 Å². The summed E-state index contributed by atoms with van der Waals surface area (Å²) in [6.45, 7) is 4.05. The molecule has 0 saturated carbocycles. The van der Waals surface area contributed by atoms with Gasteiger partial charge < -0.3 is 15.2 Å². The van der Waals surface area contributed by atoms with Gasteiger partial charge >= 0.3 is 0 Å². The average Bonchev–Trinajstić information content (AvgIpc) is 2.90. The molecular formula is C16H20N4O. The van der Waals surface area contributed by atoms with E-state index in [0.29, 0.717) is 13.1 Å². The molecule has 1 aromatic carbocycles. The Morgan fingerprint density at radius 3 is 3.14 bits per heavy atom. The maximum atomic E-state index is 12.5. The van der Waals surface area contributed by atoms with Gasteiger partial charge in [-0.2, -0.15) is 0 Å². The first-order chi connectivity index (χ1) is 10.2. The molecular weight excluding hydrogens is 264 g/mol. The zero-order chi connectivity index (χ0) is 14.8. The lowest BCUT2D eigenvalue weighted by Gasteiger charge is -2.27. The summed E-state index contributed by atoms with van der Waals surface area (Å²) in [6, 6.07) is 6.21. The zero-order valence-corrected chi connectivity index (χ0v) is 12.4. The van der Waals surface area contributed by atoms with Crippen LogP contribution < -0.4 is 10.6 Å². The number of benzene rings is 1. The number of imidazole rings is 1. The van der Waals surface area contributed by atoms with E-state index in [1.807, 2.05) is 23.9 Å². The predicted octanol–water partition coefficient (Wildman–Crippen LogP) is 1.23. The van der Waals surface area contributed by atoms with Crippen molar-refractivity contribution in [3.63, 3.8) is 0 Å². The highest BCUT2D eigenvalue weighted by Crippen LogP contribution is 2.27. The molecule has 1 atom stereocenters. The zero-order valence-electron chi connectivity index (χ0n) is 12.4. The van der Waals surface area contributed by atoms with Gasteiger partial charge in [-0.1, -0.05) is 18.2 Å². The Morgan fingerprint density at radius 2 is 2.38 bits per heavy atom. The van der Waals surface area contributed by atoms with E-state index in [-0.39, 0.29) is 11.8 Å². The van der Waals surface area contributed by atoms with Gasteiger partial charge in [0.1, 0.15) is 5.82 Å². The number of hydrogen-bond donors (Lipinski definition) is 2. The van der Waals surface area contributed by atoms with Crippen molar-refractivity contribution in [2.24, 2.45) is 7.05 Å². The first kappa shape index (κ1) is 13.8. The van der Waals surface area contributed by atoms with Crippen LogP contribution in [0.3, 0.4) is 0 Å². The molecule has 0 radical (unpaired) electrons. The molecule has 110 valence electrons. The summed E-state index contributed by atoms with van der Waals surface area (Å²) in [5.74, 6) is 0.785. The number of fused-ring (bicyclic) bond motifs is 1. The molecule has 2 heterocycles. The number of rotatable bonds is 3. The van der Waals surface area contributed by atoms with Crippen LogP contribution in [-0.4, -0.2) is 22.0 Å². The van der Waals surface area contributed by atoms with E-state index < -0.39 is 0 Å². The van der Waals surface area contributed by atoms with Crippen molar-refractivity contribution in [1.29, 1.82) is 0 Å². The molecule has 3 rings (SSSR count). The highest BCUT2D eigenvalue weighted by atomic mass is 16.1. The Kier molecular flexibility index (Phi) is 3.75. The fourth-order valence-electron chi connectivity index (χ4n) is 2.93. The lowest BCUT2D eigenvalue weighted by molar-refractivity contribution is -0.122. The number of nitrogens with one attached hydrogen (secondary N) is 2. The Balaban J connectivity index is 1.76. The van der Waals surface area contributed by atoms with Crippen LogP contribution in [0.5, 0.6) is 0 Å². The molecule has 1 aliphatic heterocycles. The molecule has 5 heteroatoms. The number of nitrogens with zero attached hydrogens (tertiary/aromatic N) is 2. The van der Waals surface area contributed by atoms with Crippen molar-refractivity contribution in [2.75, 3.05) is 6.54 Å². The summed E-state index contributed by atoms with van der Waals surface area (Å²) in [5, 5.41) is 6.32. The second-order valence-corrected chi connectivity index (χ2v) is 5.50. The molecule has 2 aromatic rings. The summed E-state index contributed by atoms with van der Waals surface area (Å²) in [7, 11) is 1.93. The van der Waals surface area contributed by atoms with Gasteiger partial charge in [-0.25, -0.2) is 4.98 Å². The lowest BCUT2D eigenvalue weighted by Crippen LogP contribution is -2.39. The van der Waals surface area contributed by atoms with Gasteiger partial charge in [0.15, 0.2) is 0 Å². The van der Waals surface area contributed by atoms with Crippen molar-refractivity contribution < 1.29 is 4.79 Å². The minimum atomic E-state index is -0.129. The Hall–Kier alpha value is -2.14. The van der Waals surface area contributed by atoms with E-state index in [1.165, 1.54) is 16.7 Å². The smallest absolute Gasteiger partial charge is 0.229 e. The van der Waals surface area contributed by atoms with Gasteiger partial charge in [0.25, 0.3) is 0 Å². The van der Waals surface area contributed by atoms with Crippen molar-refractivity contribution in [3.05, 3.63) is 53.1 Å². The third kappa shape index (κ3) is 2.69. The third-order valence-corrected chi connectivity index (χ3v) is 4.08. The van der Waals surface area contributed by atoms with Gasteiger partial charge in [-0.05, 0) is 23.6 Å². The summed E-state index contributed by atoms with van der Waals surface area (Å²) in [4.78, 5) is 16.8. The molecule has 0 spiro atoms.